The highest BCUT2D eigenvalue weighted by molar-refractivity contribution is 7.91. The van der Waals surface area contributed by atoms with E-state index >= 15 is 0 Å². The number of benzene rings is 2. The van der Waals surface area contributed by atoms with Gasteiger partial charge in [-0.1, -0.05) is 43.3 Å². The van der Waals surface area contributed by atoms with Crippen molar-refractivity contribution in [1.82, 2.24) is 0 Å². The third kappa shape index (κ3) is 4.24. The van der Waals surface area contributed by atoms with Crippen molar-refractivity contribution in [3.05, 3.63) is 59.7 Å². The molecule has 0 aliphatic heterocycles. The van der Waals surface area contributed by atoms with Gasteiger partial charge in [0.2, 0.25) is 9.84 Å². The molecule has 0 aromatic heterocycles. The lowest BCUT2D eigenvalue weighted by Gasteiger charge is -2.11. The monoisotopic (exact) mass is 345 g/mol. The summed E-state index contributed by atoms with van der Waals surface area (Å²) in [5.74, 6) is 0. The highest BCUT2D eigenvalue weighted by Crippen LogP contribution is 2.19. The van der Waals surface area contributed by atoms with Crippen LogP contribution in [0.15, 0.2) is 53.4 Å². The van der Waals surface area contributed by atoms with Gasteiger partial charge in [-0.25, -0.2) is 8.42 Å². The quantitative estimate of drug-likeness (QED) is 0.815. The zero-order valence-electron chi connectivity index (χ0n) is 14.2. The van der Waals surface area contributed by atoms with Gasteiger partial charge in [0.15, 0.2) is 5.44 Å². The molecule has 2 rings (SSSR count). The van der Waals surface area contributed by atoms with Crippen molar-refractivity contribution < 1.29 is 13.5 Å². The summed E-state index contributed by atoms with van der Waals surface area (Å²) in [4.78, 5) is 2.18. The van der Waals surface area contributed by atoms with Crippen LogP contribution in [0.2, 0.25) is 0 Å². The first-order valence-corrected chi connectivity index (χ1v) is 9.36. The van der Waals surface area contributed by atoms with Gasteiger partial charge in [0.05, 0.1) is 4.90 Å². The second-order valence-corrected chi connectivity index (χ2v) is 7.90. The minimum absolute atomic E-state index is 0.143. The van der Waals surface area contributed by atoms with Gasteiger partial charge in [0.25, 0.3) is 0 Å². The second kappa shape index (κ2) is 7.64. The van der Waals surface area contributed by atoms with Gasteiger partial charge in [-0.05, 0) is 41.8 Å². The molecule has 24 heavy (non-hydrogen) atoms. The van der Waals surface area contributed by atoms with Crippen LogP contribution in [0.5, 0.6) is 0 Å². The predicted octanol–water partition coefficient (Wildman–Crippen LogP) is 3.43. The van der Waals surface area contributed by atoms with E-state index in [-0.39, 0.29) is 11.3 Å². The van der Waals surface area contributed by atoms with E-state index in [0.29, 0.717) is 0 Å². The minimum Gasteiger partial charge on any atom is -0.378 e. The van der Waals surface area contributed by atoms with Crippen molar-refractivity contribution >= 4 is 27.7 Å². The Balaban J connectivity index is 2.14. The molecule has 128 valence electrons. The molecule has 0 spiro atoms. The van der Waals surface area contributed by atoms with Crippen LogP contribution in [-0.2, 0) is 9.84 Å². The van der Waals surface area contributed by atoms with E-state index in [9.17, 15) is 13.5 Å². The number of nitrogens with zero attached hydrogens (tertiary/aromatic N) is 1. The zero-order valence-corrected chi connectivity index (χ0v) is 15.0. The summed E-state index contributed by atoms with van der Waals surface area (Å²) in [5, 5.41) is 9.62. The summed E-state index contributed by atoms with van der Waals surface area (Å²) in [6.45, 7) is 1.64. The molecule has 0 amide bonds. The van der Waals surface area contributed by atoms with E-state index in [0.717, 1.165) is 16.8 Å². The second-order valence-electron chi connectivity index (χ2n) is 5.80. The summed E-state index contributed by atoms with van der Waals surface area (Å²) in [5.41, 5.74) is 1.75. The van der Waals surface area contributed by atoms with Gasteiger partial charge in [0, 0.05) is 19.8 Å². The van der Waals surface area contributed by atoms with Crippen LogP contribution >= 0.6 is 0 Å². The van der Waals surface area contributed by atoms with Crippen LogP contribution in [0.4, 0.5) is 5.69 Å². The Bertz CT molecular complexity index is 792. The normalized spacial score (nSPS) is 13.2. The molecule has 0 saturated carbocycles. The van der Waals surface area contributed by atoms with Gasteiger partial charge in [0.1, 0.15) is 0 Å². The van der Waals surface area contributed by atoms with Crippen molar-refractivity contribution in [2.45, 2.75) is 23.7 Å². The van der Waals surface area contributed by atoms with Crippen molar-refractivity contribution in [3.8, 4) is 0 Å². The molecular formula is C19H23NO3S. The van der Waals surface area contributed by atoms with Crippen LogP contribution in [-0.4, -0.2) is 33.1 Å². The topological polar surface area (TPSA) is 57.6 Å². The predicted molar refractivity (Wildman–Crippen MR) is 99.6 cm³/mol. The van der Waals surface area contributed by atoms with Crippen molar-refractivity contribution in [2.75, 3.05) is 19.0 Å². The zero-order chi connectivity index (χ0) is 17.7. The molecule has 4 nitrogen and oxygen atoms in total. The minimum atomic E-state index is -3.66. The number of hydrogen-bond acceptors (Lipinski definition) is 4. The maximum Gasteiger partial charge on any atom is 0.204 e. The van der Waals surface area contributed by atoms with E-state index in [1.165, 1.54) is 12.1 Å². The molecule has 0 radical (unpaired) electrons. The molecule has 2 aromatic carbocycles. The summed E-state index contributed by atoms with van der Waals surface area (Å²) in [7, 11) is 0.333. The van der Waals surface area contributed by atoms with Crippen LogP contribution in [0.1, 0.15) is 24.5 Å². The Morgan fingerprint density at radius 2 is 1.42 bits per heavy atom. The van der Waals surface area contributed by atoms with Crippen LogP contribution in [0.3, 0.4) is 0 Å². The van der Waals surface area contributed by atoms with Crippen molar-refractivity contribution in [3.63, 3.8) is 0 Å². The third-order valence-electron chi connectivity index (χ3n) is 3.79. The summed E-state index contributed by atoms with van der Waals surface area (Å²) >= 11 is 0. The Morgan fingerprint density at radius 1 is 0.958 bits per heavy atom. The maximum atomic E-state index is 12.1. The van der Waals surface area contributed by atoms with Gasteiger partial charge in [-0.15, -0.1) is 0 Å². The van der Waals surface area contributed by atoms with Crippen molar-refractivity contribution in [2.24, 2.45) is 0 Å². The van der Waals surface area contributed by atoms with E-state index in [4.69, 9.17) is 0 Å². The molecule has 0 saturated heterocycles. The summed E-state index contributed by atoms with van der Waals surface area (Å²) in [6, 6.07) is 14.7. The Morgan fingerprint density at radius 3 is 1.83 bits per heavy atom. The standard InChI is InChI=1S/C19H23NO3S/c1-4-19(21)24(22,23)18-13-9-16(10-14-18)6-5-15-7-11-17(12-8-15)20(2)3/h5-14,19,21H,4H2,1-3H3. The first-order chi connectivity index (χ1) is 11.3. The number of rotatable bonds is 6. The molecule has 2 aromatic rings. The highest BCUT2D eigenvalue weighted by atomic mass is 32.2. The first-order valence-electron chi connectivity index (χ1n) is 7.82. The molecule has 0 fully saturated rings. The summed E-state index contributed by atoms with van der Waals surface area (Å²) < 4.78 is 24.1. The molecule has 1 N–H and O–H groups in total. The van der Waals surface area contributed by atoms with E-state index in [2.05, 4.69) is 0 Å². The molecule has 0 aliphatic carbocycles. The van der Waals surface area contributed by atoms with E-state index in [1.54, 1.807) is 19.1 Å². The van der Waals surface area contributed by atoms with Gasteiger partial charge >= 0.3 is 0 Å². The lowest BCUT2D eigenvalue weighted by atomic mass is 10.1. The molecule has 0 heterocycles. The fraction of sp³-hybridized carbons (Fsp3) is 0.263. The summed E-state index contributed by atoms with van der Waals surface area (Å²) in [6.07, 6.45) is 4.08. The Kier molecular flexibility index (Phi) is 5.80. The number of aliphatic hydroxyl groups is 1. The molecule has 5 heteroatoms. The smallest absolute Gasteiger partial charge is 0.204 e. The SMILES string of the molecule is CCC(O)S(=O)(=O)c1ccc(C=Cc2ccc(N(C)C)cc2)cc1. The van der Waals surface area contributed by atoms with Gasteiger partial charge < -0.3 is 10.0 Å². The third-order valence-corrected chi connectivity index (χ3v) is 5.77. The number of aliphatic hydroxyl groups excluding tert-OH is 1. The van der Waals surface area contributed by atoms with E-state index in [1.807, 2.05) is 55.4 Å². The molecule has 1 unspecified atom stereocenters. The van der Waals surface area contributed by atoms with Crippen LogP contribution in [0, 0.1) is 0 Å². The average Bonchev–Trinajstić information content (AvgIpc) is 2.59. The van der Waals surface area contributed by atoms with Crippen LogP contribution < -0.4 is 4.90 Å². The van der Waals surface area contributed by atoms with Crippen molar-refractivity contribution in [1.29, 1.82) is 0 Å². The number of hydrogen-bond donors (Lipinski definition) is 1. The molecule has 0 bridgehead atoms. The Labute approximate surface area is 144 Å². The van der Waals surface area contributed by atoms with Gasteiger partial charge in [-0.2, -0.15) is 0 Å². The fourth-order valence-electron chi connectivity index (χ4n) is 2.22. The van der Waals surface area contributed by atoms with E-state index < -0.39 is 15.3 Å². The first kappa shape index (κ1) is 18.2. The lowest BCUT2D eigenvalue weighted by molar-refractivity contribution is 0.244. The maximum absolute atomic E-state index is 12.1. The Hall–Kier alpha value is -2.11. The highest BCUT2D eigenvalue weighted by Gasteiger charge is 2.22. The fourth-order valence-corrected chi connectivity index (χ4v) is 3.49. The lowest BCUT2D eigenvalue weighted by Crippen LogP contribution is -2.19. The van der Waals surface area contributed by atoms with Crippen LogP contribution in [0.25, 0.3) is 12.2 Å². The molecular weight excluding hydrogens is 322 g/mol. The molecule has 0 aliphatic rings. The number of sulfone groups is 1. The largest absolute Gasteiger partial charge is 0.378 e. The average molecular weight is 345 g/mol. The number of anilines is 1. The molecule has 1 atom stereocenters. The van der Waals surface area contributed by atoms with Gasteiger partial charge in [-0.3, -0.25) is 0 Å².